The zero-order chi connectivity index (χ0) is 13.2. The molecular formula is C16H26N2. The standard InChI is InChI=1S/C16H26N2/c1-13-6-7-15(10-14(13)2)11-18-9-5-8-17-16(3,4)12-18/h6-7,10,17H,5,8-9,11-12H2,1-4H3. The molecule has 1 aliphatic rings. The molecule has 1 N–H and O–H groups in total. The van der Waals surface area contributed by atoms with E-state index >= 15 is 0 Å². The molecule has 1 aliphatic heterocycles. The van der Waals surface area contributed by atoms with Crippen molar-refractivity contribution in [1.82, 2.24) is 10.2 Å². The number of benzene rings is 1. The van der Waals surface area contributed by atoms with E-state index in [0.29, 0.717) is 0 Å². The second-order valence-electron chi connectivity index (χ2n) is 6.29. The van der Waals surface area contributed by atoms with E-state index in [-0.39, 0.29) is 5.54 Å². The van der Waals surface area contributed by atoms with E-state index in [1.807, 2.05) is 0 Å². The second kappa shape index (κ2) is 5.41. The first-order valence-electron chi connectivity index (χ1n) is 7.00. The van der Waals surface area contributed by atoms with Crippen molar-refractivity contribution in [2.75, 3.05) is 19.6 Å². The molecule has 0 spiro atoms. The normalized spacial score (nSPS) is 20.7. The minimum absolute atomic E-state index is 0.232. The summed E-state index contributed by atoms with van der Waals surface area (Å²) in [7, 11) is 0. The van der Waals surface area contributed by atoms with Gasteiger partial charge in [0.1, 0.15) is 0 Å². The lowest BCUT2D eigenvalue weighted by molar-refractivity contribution is 0.224. The summed E-state index contributed by atoms with van der Waals surface area (Å²) in [5.74, 6) is 0. The number of nitrogens with one attached hydrogen (secondary N) is 1. The van der Waals surface area contributed by atoms with Gasteiger partial charge in [0.15, 0.2) is 0 Å². The fraction of sp³-hybridized carbons (Fsp3) is 0.625. The van der Waals surface area contributed by atoms with Crippen LogP contribution in [0, 0.1) is 13.8 Å². The molecule has 1 saturated heterocycles. The summed E-state index contributed by atoms with van der Waals surface area (Å²) >= 11 is 0. The van der Waals surface area contributed by atoms with E-state index in [9.17, 15) is 0 Å². The average Bonchev–Trinajstić information content (AvgIpc) is 2.44. The molecule has 1 heterocycles. The molecule has 0 aliphatic carbocycles. The van der Waals surface area contributed by atoms with E-state index < -0.39 is 0 Å². The van der Waals surface area contributed by atoms with E-state index in [1.165, 1.54) is 29.7 Å². The maximum Gasteiger partial charge on any atom is 0.0252 e. The molecule has 2 nitrogen and oxygen atoms in total. The summed E-state index contributed by atoms with van der Waals surface area (Å²) in [6.45, 7) is 13.5. The van der Waals surface area contributed by atoms with Crippen LogP contribution in [0.25, 0.3) is 0 Å². The van der Waals surface area contributed by atoms with Gasteiger partial charge in [0.05, 0.1) is 0 Å². The SMILES string of the molecule is Cc1ccc(CN2CCCNC(C)(C)C2)cc1C. The highest BCUT2D eigenvalue weighted by Gasteiger charge is 2.23. The van der Waals surface area contributed by atoms with Crippen LogP contribution >= 0.6 is 0 Å². The van der Waals surface area contributed by atoms with E-state index in [1.54, 1.807) is 0 Å². The molecule has 1 aromatic carbocycles. The van der Waals surface area contributed by atoms with Gasteiger partial charge in [0.25, 0.3) is 0 Å². The first-order chi connectivity index (χ1) is 8.46. The van der Waals surface area contributed by atoms with Crippen molar-refractivity contribution in [3.8, 4) is 0 Å². The van der Waals surface area contributed by atoms with Crippen LogP contribution in [0.3, 0.4) is 0 Å². The van der Waals surface area contributed by atoms with Crippen LogP contribution in [-0.2, 0) is 6.54 Å². The van der Waals surface area contributed by atoms with Gasteiger partial charge in [-0.1, -0.05) is 18.2 Å². The molecule has 1 aromatic rings. The Labute approximate surface area is 111 Å². The largest absolute Gasteiger partial charge is 0.310 e. The molecule has 18 heavy (non-hydrogen) atoms. The Morgan fingerprint density at radius 1 is 1.22 bits per heavy atom. The number of hydrogen-bond donors (Lipinski definition) is 1. The summed E-state index contributed by atoms with van der Waals surface area (Å²) in [6.07, 6.45) is 1.24. The van der Waals surface area contributed by atoms with Gasteiger partial charge in [-0.05, 0) is 63.9 Å². The zero-order valence-corrected chi connectivity index (χ0v) is 12.2. The van der Waals surface area contributed by atoms with Crippen molar-refractivity contribution in [2.24, 2.45) is 0 Å². The molecule has 0 radical (unpaired) electrons. The quantitative estimate of drug-likeness (QED) is 0.863. The molecule has 100 valence electrons. The summed E-state index contributed by atoms with van der Waals surface area (Å²) in [6, 6.07) is 6.85. The Bertz CT molecular complexity index is 410. The van der Waals surface area contributed by atoms with Crippen LogP contribution < -0.4 is 5.32 Å². The highest BCUT2D eigenvalue weighted by atomic mass is 15.2. The summed E-state index contributed by atoms with van der Waals surface area (Å²) in [5.41, 5.74) is 4.46. The second-order valence-corrected chi connectivity index (χ2v) is 6.29. The summed E-state index contributed by atoms with van der Waals surface area (Å²) in [4.78, 5) is 2.57. The minimum Gasteiger partial charge on any atom is -0.310 e. The number of nitrogens with zero attached hydrogens (tertiary/aromatic N) is 1. The van der Waals surface area contributed by atoms with Gasteiger partial charge in [-0.25, -0.2) is 0 Å². The topological polar surface area (TPSA) is 15.3 Å². The predicted molar refractivity (Wildman–Crippen MR) is 77.9 cm³/mol. The fourth-order valence-electron chi connectivity index (χ4n) is 2.72. The lowest BCUT2D eigenvalue weighted by atomic mass is 10.0. The van der Waals surface area contributed by atoms with Crippen LogP contribution in [0.5, 0.6) is 0 Å². The Balaban J connectivity index is 2.05. The molecule has 1 fully saturated rings. The lowest BCUT2D eigenvalue weighted by Gasteiger charge is -2.30. The number of hydrogen-bond acceptors (Lipinski definition) is 2. The predicted octanol–water partition coefficient (Wildman–Crippen LogP) is 2.88. The minimum atomic E-state index is 0.232. The highest BCUT2D eigenvalue weighted by Crippen LogP contribution is 2.16. The Morgan fingerprint density at radius 2 is 2.00 bits per heavy atom. The average molecular weight is 246 g/mol. The van der Waals surface area contributed by atoms with Crippen molar-refractivity contribution in [3.05, 3.63) is 34.9 Å². The first kappa shape index (κ1) is 13.6. The Morgan fingerprint density at radius 3 is 2.72 bits per heavy atom. The number of rotatable bonds is 2. The molecule has 0 saturated carbocycles. The third-order valence-corrected chi connectivity index (χ3v) is 3.85. The summed E-state index contributed by atoms with van der Waals surface area (Å²) < 4.78 is 0. The fourth-order valence-corrected chi connectivity index (χ4v) is 2.72. The van der Waals surface area contributed by atoms with Crippen molar-refractivity contribution >= 4 is 0 Å². The maximum atomic E-state index is 3.62. The van der Waals surface area contributed by atoms with Gasteiger partial charge in [0, 0.05) is 18.6 Å². The van der Waals surface area contributed by atoms with Crippen LogP contribution in [-0.4, -0.2) is 30.1 Å². The van der Waals surface area contributed by atoms with Gasteiger partial charge in [-0.15, -0.1) is 0 Å². The molecule has 0 atom stereocenters. The number of aryl methyl sites for hydroxylation is 2. The maximum absolute atomic E-state index is 3.62. The van der Waals surface area contributed by atoms with Crippen LogP contribution in [0.1, 0.15) is 37.0 Å². The van der Waals surface area contributed by atoms with Crippen molar-refractivity contribution in [3.63, 3.8) is 0 Å². The molecule has 0 amide bonds. The molecule has 0 unspecified atom stereocenters. The van der Waals surface area contributed by atoms with Gasteiger partial charge in [0.2, 0.25) is 0 Å². The third kappa shape index (κ3) is 3.56. The monoisotopic (exact) mass is 246 g/mol. The van der Waals surface area contributed by atoms with Crippen LogP contribution in [0.2, 0.25) is 0 Å². The van der Waals surface area contributed by atoms with E-state index in [0.717, 1.165) is 19.6 Å². The van der Waals surface area contributed by atoms with Crippen molar-refractivity contribution < 1.29 is 0 Å². The smallest absolute Gasteiger partial charge is 0.0252 e. The first-order valence-corrected chi connectivity index (χ1v) is 7.00. The van der Waals surface area contributed by atoms with Crippen molar-refractivity contribution in [2.45, 2.75) is 46.2 Å². The van der Waals surface area contributed by atoms with Gasteiger partial charge >= 0.3 is 0 Å². The van der Waals surface area contributed by atoms with E-state index in [4.69, 9.17) is 0 Å². The lowest BCUT2D eigenvalue weighted by Crippen LogP contribution is -2.46. The zero-order valence-electron chi connectivity index (χ0n) is 12.2. The molecule has 2 heteroatoms. The molecule has 0 bridgehead atoms. The highest BCUT2D eigenvalue weighted by molar-refractivity contribution is 5.29. The Hall–Kier alpha value is -0.860. The van der Waals surface area contributed by atoms with Crippen LogP contribution in [0.4, 0.5) is 0 Å². The Kier molecular flexibility index (Phi) is 4.08. The summed E-state index contributed by atoms with van der Waals surface area (Å²) in [5, 5.41) is 3.62. The third-order valence-electron chi connectivity index (χ3n) is 3.85. The molecular weight excluding hydrogens is 220 g/mol. The molecule has 0 aromatic heterocycles. The molecule has 2 rings (SSSR count). The van der Waals surface area contributed by atoms with Gasteiger partial charge in [-0.3, -0.25) is 4.90 Å². The van der Waals surface area contributed by atoms with Gasteiger partial charge in [-0.2, -0.15) is 0 Å². The van der Waals surface area contributed by atoms with Gasteiger partial charge < -0.3 is 5.32 Å². The van der Waals surface area contributed by atoms with Crippen LogP contribution in [0.15, 0.2) is 18.2 Å². The van der Waals surface area contributed by atoms with E-state index in [2.05, 4.69) is 56.1 Å². The van der Waals surface area contributed by atoms with Crippen molar-refractivity contribution in [1.29, 1.82) is 0 Å².